The normalized spacial score (nSPS) is 18.4. The molecule has 0 aromatic rings. The van der Waals surface area contributed by atoms with Gasteiger partial charge in [-0.25, -0.2) is 0 Å². The predicted molar refractivity (Wildman–Crippen MR) is 69.1 cm³/mol. The van der Waals surface area contributed by atoms with Crippen LogP contribution in [0.15, 0.2) is 0 Å². The molecule has 1 rings (SSSR count). The minimum absolute atomic E-state index is 1.09. The summed E-state index contributed by atoms with van der Waals surface area (Å²) in [5.74, 6) is 0. The van der Waals surface area contributed by atoms with Gasteiger partial charge in [0.15, 0.2) is 0 Å². The van der Waals surface area contributed by atoms with Crippen LogP contribution in [0.2, 0.25) is 0 Å². The number of nitrogens with zero attached hydrogens (tertiary/aromatic N) is 1. The lowest BCUT2D eigenvalue weighted by molar-refractivity contribution is -0.897. The highest BCUT2D eigenvalue weighted by molar-refractivity contribution is 4.51. The molecule has 0 radical (unpaired) electrons. The Labute approximate surface area is 96.6 Å². The second-order valence-corrected chi connectivity index (χ2v) is 4.81. The summed E-state index contributed by atoms with van der Waals surface area (Å²) in [4.78, 5) is 0. The molecule has 0 aliphatic carbocycles. The summed E-state index contributed by atoms with van der Waals surface area (Å²) < 4.78 is 1.36. The molecule has 2 heteroatoms. The number of unbranched alkanes of at least 4 members (excludes halogenated alkanes) is 1. The van der Waals surface area contributed by atoms with Crippen molar-refractivity contribution in [3.05, 3.63) is 0 Å². The van der Waals surface area contributed by atoms with Crippen molar-refractivity contribution in [3.8, 4) is 0 Å². The Hall–Kier alpha value is -0.0800. The summed E-state index contributed by atoms with van der Waals surface area (Å²) in [7, 11) is 2.41. The van der Waals surface area contributed by atoms with Gasteiger partial charge >= 0.3 is 0 Å². The van der Waals surface area contributed by atoms with Crippen molar-refractivity contribution in [2.75, 3.05) is 39.8 Å². The van der Waals surface area contributed by atoms with Crippen LogP contribution in [0.3, 0.4) is 0 Å². The molecule has 1 aliphatic rings. The van der Waals surface area contributed by atoms with E-state index in [1.54, 1.807) is 0 Å². The topological polar surface area (TPSA) is 12.0 Å². The van der Waals surface area contributed by atoms with Crippen molar-refractivity contribution in [3.63, 3.8) is 0 Å². The van der Waals surface area contributed by atoms with Gasteiger partial charge in [0.05, 0.1) is 26.7 Å². The van der Waals surface area contributed by atoms with Gasteiger partial charge in [0.1, 0.15) is 0 Å². The minimum Gasteiger partial charge on any atom is -0.326 e. The van der Waals surface area contributed by atoms with Crippen molar-refractivity contribution in [2.45, 2.75) is 46.5 Å². The van der Waals surface area contributed by atoms with Gasteiger partial charge in [-0.3, -0.25) is 0 Å². The Bertz CT molecular complexity index is 126. The lowest BCUT2D eigenvalue weighted by Crippen LogP contribution is -2.41. The Kier molecular flexibility index (Phi) is 9.12. The van der Waals surface area contributed by atoms with Gasteiger partial charge in [-0.2, -0.15) is 0 Å². The molecule has 0 saturated carbocycles. The van der Waals surface area contributed by atoms with Gasteiger partial charge in [0.2, 0.25) is 0 Å². The third-order valence-electron chi connectivity index (χ3n) is 3.20. The molecule has 0 atom stereocenters. The molecule has 0 spiro atoms. The average Bonchev–Trinajstić information content (AvgIpc) is 2.65. The van der Waals surface area contributed by atoms with E-state index in [2.05, 4.69) is 33.1 Å². The van der Waals surface area contributed by atoms with Crippen LogP contribution in [0, 0.1) is 0 Å². The van der Waals surface area contributed by atoms with E-state index in [-0.39, 0.29) is 0 Å². The molecular formula is C13H31N2+. The van der Waals surface area contributed by atoms with Crippen molar-refractivity contribution in [2.24, 2.45) is 0 Å². The van der Waals surface area contributed by atoms with E-state index in [1.807, 2.05) is 0 Å². The van der Waals surface area contributed by atoms with E-state index < -0.39 is 0 Å². The van der Waals surface area contributed by atoms with Crippen molar-refractivity contribution >= 4 is 0 Å². The van der Waals surface area contributed by atoms with E-state index in [0.717, 1.165) is 13.1 Å². The molecule has 92 valence electrons. The molecular weight excluding hydrogens is 184 g/mol. The largest absolute Gasteiger partial charge is 0.326 e. The zero-order valence-corrected chi connectivity index (χ0v) is 11.3. The molecule has 15 heavy (non-hydrogen) atoms. The van der Waals surface area contributed by atoms with Crippen molar-refractivity contribution in [1.82, 2.24) is 5.32 Å². The van der Waals surface area contributed by atoms with Gasteiger partial charge in [-0.1, -0.05) is 27.2 Å². The molecule has 0 amide bonds. The van der Waals surface area contributed by atoms with Gasteiger partial charge in [-0.15, -0.1) is 0 Å². The van der Waals surface area contributed by atoms with Crippen LogP contribution in [0.1, 0.15) is 46.5 Å². The van der Waals surface area contributed by atoms with E-state index in [9.17, 15) is 0 Å². The molecule has 0 bridgehead atoms. The number of nitrogens with one attached hydrogen (secondary N) is 1. The first-order chi connectivity index (χ1) is 7.18. The summed E-state index contributed by atoms with van der Waals surface area (Å²) in [6, 6.07) is 0. The summed E-state index contributed by atoms with van der Waals surface area (Å²) in [6.45, 7) is 12.9. The zero-order chi connectivity index (χ0) is 11.6. The lowest BCUT2D eigenvalue weighted by Gasteiger charge is -2.28. The first kappa shape index (κ1) is 14.9. The SMILES string of the molecule is CCCC[N+]1(C)CCCC1.CCNCC. The van der Waals surface area contributed by atoms with Gasteiger partial charge < -0.3 is 9.80 Å². The Morgan fingerprint density at radius 1 is 1.00 bits per heavy atom. The zero-order valence-electron chi connectivity index (χ0n) is 11.3. The number of rotatable bonds is 5. The maximum absolute atomic E-state index is 3.11. The first-order valence-corrected chi connectivity index (χ1v) is 6.72. The first-order valence-electron chi connectivity index (χ1n) is 6.72. The molecule has 1 saturated heterocycles. The van der Waals surface area contributed by atoms with Crippen LogP contribution < -0.4 is 5.32 Å². The number of hydrogen-bond acceptors (Lipinski definition) is 1. The molecule has 2 nitrogen and oxygen atoms in total. The van der Waals surface area contributed by atoms with E-state index >= 15 is 0 Å². The number of quaternary nitrogens is 1. The highest BCUT2D eigenvalue weighted by Gasteiger charge is 2.25. The Balaban J connectivity index is 0.000000336. The highest BCUT2D eigenvalue weighted by Crippen LogP contribution is 2.16. The summed E-state index contributed by atoms with van der Waals surface area (Å²) in [6.07, 6.45) is 5.69. The van der Waals surface area contributed by atoms with E-state index in [4.69, 9.17) is 0 Å². The summed E-state index contributed by atoms with van der Waals surface area (Å²) in [5, 5.41) is 3.11. The molecule has 1 heterocycles. The van der Waals surface area contributed by atoms with Crippen LogP contribution in [0.4, 0.5) is 0 Å². The van der Waals surface area contributed by atoms with Crippen molar-refractivity contribution in [1.29, 1.82) is 0 Å². The summed E-state index contributed by atoms with van der Waals surface area (Å²) >= 11 is 0. The predicted octanol–water partition coefficient (Wildman–Crippen LogP) is 2.64. The minimum atomic E-state index is 1.09. The highest BCUT2D eigenvalue weighted by atomic mass is 15.3. The Morgan fingerprint density at radius 3 is 1.87 bits per heavy atom. The maximum atomic E-state index is 3.11. The van der Waals surface area contributed by atoms with Crippen LogP contribution in [-0.4, -0.2) is 44.3 Å². The van der Waals surface area contributed by atoms with Crippen LogP contribution in [0.25, 0.3) is 0 Å². The number of hydrogen-bond donors (Lipinski definition) is 1. The maximum Gasteiger partial charge on any atom is 0.0786 e. The fourth-order valence-electron chi connectivity index (χ4n) is 2.11. The fourth-order valence-corrected chi connectivity index (χ4v) is 2.11. The average molecular weight is 215 g/mol. The van der Waals surface area contributed by atoms with E-state index in [1.165, 1.54) is 49.8 Å². The van der Waals surface area contributed by atoms with Crippen molar-refractivity contribution < 1.29 is 4.48 Å². The second kappa shape index (κ2) is 9.17. The quantitative estimate of drug-likeness (QED) is 0.695. The second-order valence-electron chi connectivity index (χ2n) is 4.81. The van der Waals surface area contributed by atoms with Gasteiger partial charge in [0.25, 0.3) is 0 Å². The van der Waals surface area contributed by atoms with Crippen LogP contribution in [0.5, 0.6) is 0 Å². The third kappa shape index (κ3) is 7.80. The Morgan fingerprint density at radius 2 is 1.53 bits per heavy atom. The molecule has 1 aliphatic heterocycles. The molecule has 0 aromatic heterocycles. The molecule has 1 N–H and O–H groups in total. The monoisotopic (exact) mass is 215 g/mol. The van der Waals surface area contributed by atoms with Crippen LogP contribution in [-0.2, 0) is 0 Å². The van der Waals surface area contributed by atoms with Gasteiger partial charge in [0, 0.05) is 12.8 Å². The standard InChI is InChI=1S/C9H20N.C4H11N/c1-3-4-7-10(2)8-5-6-9-10;1-3-5-4-2/h3-9H2,1-2H3;5H,3-4H2,1-2H3/q+1;. The third-order valence-corrected chi connectivity index (χ3v) is 3.20. The number of likely N-dealkylation sites (tertiary alicyclic amines) is 1. The molecule has 0 unspecified atom stereocenters. The summed E-state index contributed by atoms with van der Waals surface area (Å²) in [5.41, 5.74) is 0. The van der Waals surface area contributed by atoms with E-state index in [0.29, 0.717) is 0 Å². The lowest BCUT2D eigenvalue weighted by atomic mass is 10.3. The fraction of sp³-hybridized carbons (Fsp3) is 1.00. The van der Waals surface area contributed by atoms with Crippen LogP contribution >= 0.6 is 0 Å². The van der Waals surface area contributed by atoms with Gasteiger partial charge in [-0.05, 0) is 19.5 Å². The smallest absolute Gasteiger partial charge is 0.0786 e. The molecule has 0 aromatic carbocycles. The molecule has 1 fully saturated rings.